The molecule has 0 radical (unpaired) electrons. The smallest absolute Gasteiger partial charge is 0.318 e. The molecule has 0 aromatic heterocycles. The van der Waals surface area contributed by atoms with Crippen molar-refractivity contribution in [3.05, 3.63) is 155 Å². The van der Waals surface area contributed by atoms with Crippen molar-refractivity contribution < 1.29 is 4.79 Å². The lowest BCUT2D eigenvalue weighted by molar-refractivity contribution is 0.166. The molecule has 44 heavy (non-hydrogen) atoms. The Morgan fingerprint density at radius 1 is 0.750 bits per heavy atom. The number of likely N-dealkylation sites (tertiary alicyclic amines) is 1. The number of carbonyl (C=O) groups is 1. The fourth-order valence-corrected chi connectivity index (χ4v) is 6.30. The maximum atomic E-state index is 14.0. The highest BCUT2D eigenvalue weighted by Crippen LogP contribution is 2.26. The van der Waals surface area contributed by atoms with Crippen molar-refractivity contribution >= 4 is 16.8 Å². The van der Waals surface area contributed by atoms with Gasteiger partial charge in [0.15, 0.2) is 0 Å². The summed E-state index contributed by atoms with van der Waals surface area (Å²) in [6, 6.07) is 44.5. The van der Waals surface area contributed by atoms with E-state index in [9.17, 15) is 4.79 Å². The molecule has 5 heteroatoms. The number of fused-ring (bicyclic) bond motifs is 1. The second-order valence-corrected chi connectivity index (χ2v) is 11.9. The summed E-state index contributed by atoms with van der Waals surface area (Å²) in [5.74, 6) is 0. The Bertz CT molecular complexity index is 1630. The number of urea groups is 1. The zero-order valence-corrected chi connectivity index (χ0v) is 25.5. The van der Waals surface area contributed by atoms with E-state index in [2.05, 4.69) is 149 Å². The molecule has 0 bridgehead atoms. The summed E-state index contributed by atoms with van der Waals surface area (Å²) >= 11 is 0. The Kier molecular flexibility index (Phi) is 9.66. The highest BCUT2D eigenvalue weighted by Gasteiger charge is 2.31. The molecule has 5 aromatic rings. The SMILES string of the molecule is C[C@H](NC(=O)N(Cc1ccc(CNCc2ccccc2)cc1)C1CCN(Cc2ccccc2)C1)c1cccc2ccccc12. The third-order valence-corrected chi connectivity index (χ3v) is 8.70. The lowest BCUT2D eigenvalue weighted by atomic mass is 10.00. The Morgan fingerprint density at radius 2 is 1.36 bits per heavy atom. The summed E-state index contributed by atoms with van der Waals surface area (Å²) in [5.41, 5.74) is 6.11. The summed E-state index contributed by atoms with van der Waals surface area (Å²) in [7, 11) is 0. The van der Waals surface area contributed by atoms with Crippen LogP contribution in [0, 0.1) is 0 Å². The number of hydrogen-bond donors (Lipinski definition) is 2. The van der Waals surface area contributed by atoms with Crippen LogP contribution in [0.3, 0.4) is 0 Å². The van der Waals surface area contributed by atoms with Crippen LogP contribution in [0.25, 0.3) is 10.8 Å². The van der Waals surface area contributed by atoms with E-state index in [-0.39, 0.29) is 18.1 Å². The number of hydrogen-bond acceptors (Lipinski definition) is 3. The van der Waals surface area contributed by atoms with Gasteiger partial charge in [-0.3, -0.25) is 4.90 Å². The van der Waals surface area contributed by atoms with Gasteiger partial charge >= 0.3 is 6.03 Å². The lowest BCUT2D eigenvalue weighted by Gasteiger charge is -2.31. The van der Waals surface area contributed by atoms with Crippen molar-refractivity contribution in [3.63, 3.8) is 0 Å². The standard InChI is InChI=1S/C39H42N4O/c1-30(37-18-10-16-35-15-8-9-17-38(35)37)41-39(44)43(36-23-24-42(29-36)27-33-13-6-3-7-14-33)28-34-21-19-32(20-22-34)26-40-25-31-11-4-2-5-12-31/h2-22,30,36,40H,23-29H2,1H3,(H,41,44)/t30-,36?/m0/s1. The summed E-state index contributed by atoms with van der Waals surface area (Å²) < 4.78 is 0. The van der Waals surface area contributed by atoms with Gasteiger partial charge in [-0.25, -0.2) is 4.79 Å². The van der Waals surface area contributed by atoms with Crippen LogP contribution in [0.1, 0.15) is 47.2 Å². The van der Waals surface area contributed by atoms with Gasteiger partial charge in [-0.1, -0.05) is 127 Å². The number of amides is 2. The molecule has 2 atom stereocenters. The molecule has 224 valence electrons. The highest BCUT2D eigenvalue weighted by molar-refractivity contribution is 5.86. The minimum atomic E-state index is -0.115. The maximum Gasteiger partial charge on any atom is 0.318 e. The first-order valence-corrected chi connectivity index (χ1v) is 15.8. The average Bonchev–Trinajstić information content (AvgIpc) is 3.52. The summed E-state index contributed by atoms with van der Waals surface area (Å²) in [4.78, 5) is 18.6. The van der Waals surface area contributed by atoms with Crippen LogP contribution in [0.2, 0.25) is 0 Å². The summed E-state index contributed by atoms with van der Waals surface area (Å²) in [6.45, 7) is 7.07. The highest BCUT2D eigenvalue weighted by atomic mass is 16.2. The van der Waals surface area contributed by atoms with E-state index >= 15 is 0 Å². The molecule has 1 aliphatic rings. The first-order valence-electron chi connectivity index (χ1n) is 15.8. The molecule has 0 saturated carbocycles. The van der Waals surface area contributed by atoms with E-state index in [1.807, 2.05) is 6.07 Å². The lowest BCUT2D eigenvalue weighted by Crippen LogP contribution is -2.47. The molecule has 5 nitrogen and oxygen atoms in total. The van der Waals surface area contributed by atoms with Crippen LogP contribution in [0.5, 0.6) is 0 Å². The first-order chi connectivity index (χ1) is 21.6. The first kappa shape index (κ1) is 29.6. The van der Waals surface area contributed by atoms with Gasteiger partial charge in [0.2, 0.25) is 0 Å². The number of rotatable bonds is 11. The molecule has 1 aliphatic heterocycles. The molecule has 1 unspecified atom stereocenters. The van der Waals surface area contributed by atoms with E-state index < -0.39 is 0 Å². The van der Waals surface area contributed by atoms with Gasteiger partial charge in [0.25, 0.3) is 0 Å². The van der Waals surface area contributed by atoms with Crippen molar-refractivity contribution in [2.75, 3.05) is 13.1 Å². The van der Waals surface area contributed by atoms with Crippen molar-refractivity contribution in [1.82, 2.24) is 20.4 Å². The van der Waals surface area contributed by atoms with E-state index in [1.165, 1.54) is 27.5 Å². The fourth-order valence-electron chi connectivity index (χ4n) is 6.30. The largest absolute Gasteiger partial charge is 0.331 e. The molecule has 5 aromatic carbocycles. The number of nitrogens with one attached hydrogen (secondary N) is 2. The topological polar surface area (TPSA) is 47.6 Å². The minimum absolute atomic E-state index is 0.00870. The van der Waals surface area contributed by atoms with E-state index in [0.29, 0.717) is 6.54 Å². The van der Waals surface area contributed by atoms with Crippen LogP contribution in [-0.2, 0) is 26.2 Å². The Labute approximate surface area is 261 Å². The molecule has 0 spiro atoms. The normalized spacial score (nSPS) is 15.7. The van der Waals surface area contributed by atoms with Crippen molar-refractivity contribution in [2.24, 2.45) is 0 Å². The zero-order valence-electron chi connectivity index (χ0n) is 25.5. The molecular formula is C39H42N4O. The molecule has 0 aliphatic carbocycles. The van der Waals surface area contributed by atoms with Crippen LogP contribution in [0.15, 0.2) is 127 Å². The molecular weight excluding hydrogens is 540 g/mol. The molecule has 1 heterocycles. The molecule has 1 fully saturated rings. The van der Waals surface area contributed by atoms with Crippen LogP contribution < -0.4 is 10.6 Å². The average molecular weight is 583 g/mol. The molecule has 1 saturated heterocycles. The molecule has 2 N–H and O–H groups in total. The fraction of sp³-hybridized carbons (Fsp3) is 0.256. The third-order valence-electron chi connectivity index (χ3n) is 8.70. The summed E-state index contributed by atoms with van der Waals surface area (Å²) in [5, 5.41) is 9.27. The Hall–Kier alpha value is -4.45. The Morgan fingerprint density at radius 3 is 2.11 bits per heavy atom. The molecule has 2 amide bonds. The summed E-state index contributed by atoms with van der Waals surface area (Å²) in [6.07, 6.45) is 0.963. The van der Waals surface area contributed by atoms with Gasteiger partial charge in [-0.15, -0.1) is 0 Å². The maximum absolute atomic E-state index is 14.0. The monoisotopic (exact) mass is 582 g/mol. The van der Waals surface area contributed by atoms with Gasteiger partial charge in [0.05, 0.1) is 6.04 Å². The second kappa shape index (κ2) is 14.3. The van der Waals surface area contributed by atoms with E-state index in [1.54, 1.807) is 0 Å². The van der Waals surface area contributed by atoms with Crippen LogP contribution in [-0.4, -0.2) is 35.0 Å². The zero-order chi connectivity index (χ0) is 30.1. The predicted octanol–water partition coefficient (Wildman–Crippen LogP) is 7.68. The number of benzene rings is 5. The van der Waals surface area contributed by atoms with Gasteiger partial charge < -0.3 is 15.5 Å². The van der Waals surface area contributed by atoms with Crippen molar-refractivity contribution in [2.45, 2.75) is 51.6 Å². The quantitative estimate of drug-likeness (QED) is 0.168. The van der Waals surface area contributed by atoms with Gasteiger partial charge in [-0.05, 0) is 51.9 Å². The predicted molar refractivity (Wildman–Crippen MR) is 180 cm³/mol. The van der Waals surface area contributed by atoms with Crippen LogP contribution in [0.4, 0.5) is 4.79 Å². The minimum Gasteiger partial charge on any atom is -0.331 e. The second-order valence-electron chi connectivity index (χ2n) is 11.9. The number of carbonyl (C=O) groups excluding carboxylic acids is 1. The van der Waals surface area contributed by atoms with E-state index in [0.717, 1.165) is 50.3 Å². The van der Waals surface area contributed by atoms with Gasteiger partial charge in [0, 0.05) is 45.3 Å². The van der Waals surface area contributed by atoms with Gasteiger partial charge in [-0.2, -0.15) is 0 Å². The van der Waals surface area contributed by atoms with Crippen molar-refractivity contribution in [3.8, 4) is 0 Å². The third kappa shape index (κ3) is 7.54. The Balaban J connectivity index is 1.15. The molecule has 6 rings (SSSR count). The van der Waals surface area contributed by atoms with E-state index in [4.69, 9.17) is 0 Å². The van der Waals surface area contributed by atoms with Crippen molar-refractivity contribution in [1.29, 1.82) is 0 Å². The van der Waals surface area contributed by atoms with Crippen LogP contribution >= 0.6 is 0 Å². The number of nitrogens with zero attached hydrogens (tertiary/aromatic N) is 2. The van der Waals surface area contributed by atoms with Gasteiger partial charge in [0.1, 0.15) is 0 Å².